The number of rotatable bonds is 9. The van der Waals surface area contributed by atoms with Gasteiger partial charge in [-0.1, -0.05) is 32.0 Å². The van der Waals surface area contributed by atoms with Crippen LogP contribution in [-0.2, 0) is 0 Å². The van der Waals surface area contributed by atoms with Crippen LogP contribution in [0.1, 0.15) is 46.2 Å². The van der Waals surface area contributed by atoms with Gasteiger partial charge in [0.1, 0.15) is 5.75 Å². The molecule has 0 aliphatic carbocycles. The molecule has 1 aromatic carbocycles. The first-order valence-corrected chi connectivity index (χ1v) is 7.83. The fourth-order valence-corrected chi connectivity index (χ4v) is 2.51. The first kappa shape index (κ1) is 17.0. The summed E-state index contributed by atoms with van der Waals surface area (Å²) in [6.07, 6.45) is 0. The van der Waals surface area contributed by atoms with Crippen molar-refractivity contribution in [3.63, 3.8) is 0 Å². The molecule has 0 aliphatic heterocycles. The van der Waals surface area contributed by atoms with Gasteiger partial charge in [-0.2, -0.15) is 0 Å². The lowest BCUT2D eigenvalue weighted by Crippen LogP contribution is -2.39. The van der Waals surface area contributed by atoms with Gasteiger partial charge in [0.25, 0.3) is 0 Å². The zero-order valence-electron chi connectivity index (χ0n) is 13.6. The molecule has 0 spiro atoms. The van der Waals surface area contributed by atoms with Crippen molar-refractivity contribution < 1.29 is 4.74 Å². The Kier molecular flexibility index (Phi) is 7.63. The zero-order valence-corrected chi connectivity index (χ0v) is 13.6. The Balaban J connectivity index is 2.95. The quantitative estimate of drug-likeness (QED) is 0.748. The molecule has 0 aliphatic rings. The number of hydrogen-bond donors (Lipinski definition) is 1. The molecule has 1 atom stereocenters. The second-order valence-corrected chi connectivity index (χ2v) is 5.26. The molecule has 1 rings (SSSR count). The van der Waals surface area contributed by atoms with Crippen LogP contribution in [0.15, 0.2) is 24.3 Å². The van der Waals surface area contributed by atoms with Crippen molar-refractivity contribution >= 4 is 0 Å². The summed E-state index contributed by atoms with van der Waals surface area (Å²) in [6, 6.07) is 9.23. The van der Waals surface area contributed by atoms with E-state index in [0.29, 0.717) is 18.7 Å². The Morgan fingerprint density at radius 2 is 1.85 bits per heavy atom. The van der Waals surface area contributed by atoms with Gasteiger partial charge < -0.3 is 10.1 Å². The van der Waals surface area contributed by atoms with E-state index in [1.54, 1.807) is 0 Å². The van der Waals surface area contributed by atoms with E-state index >= 15 is 0 Å². The van der Waals surface area contributed by atoms with Gasteiger partial charge in [-0.05, 0) is 39.9 Å². The number of likely N-dealkylation sites (N-methyl/N-ethyl adjacent to an activating group) is 2. The van der Waals surface area contributed by atoms with E-state index in [2.05, 4.69) is 56.1 Å². The van der Waals surface area contributed by atoms with Crippen LogP contribution in [0.2, 0.25) is 0 Å². The summed E-state index contributed by atoms with van der Waals surface area (Å²) in [5.74, 6) is 1.00. The molecule has 0 fully saturated rings. The number of para-hydroxylation sites is 1. The summed E-state index contributed by atoms with van der Waals surface area (Å²) in [5.41, 5.74) is 1.26. The van der Waals surface area contributed by atoms with E-state index in [0.717, 1.165) is 25.4 Å². The maximum atomic E-state index is 5.78. The van der Waals surface area contributed by atoms with Gasteiger partial charge in [-0.15, -0.1) is 0 Å². The predicted molar refractivity (Wildman–Crippen MR) is 86.4 cm³/mol. The van der Waals surface area contributed by atoms with Gasteiger partial charge in [0, 0.05) is 24.2 Å². The van der Waals surface area contributed by atoms with E-state index in [9.17, 15) is 0 Å². The maximum absolute atomic E-state index is 5.78. The predicted octanol–water partition coefficient (Wildman–Crippen LogP) is 3.47. The standard InChI is InChI=1S/C17H30N2O/c1-6-18-16(13-19(7-2)14(4)5)15-11-9-10-12-17(15)20-8-3/h9-12,14,16,18H,6-8,13H2,1-5H3. The molecule has 0 bridgehead atoms. The summed E-state index contributed by atoms with van der Waals surface area (Å²) < 4.78 is 5.78. The van der Waals surface area contributed by atoms with Gasteiger partial charge in [0.2, 0.25) is 0 Å². The molecule has 1 unspecified atom stereocenters. The highest BCUT2D eigenvalue weighted by molar-refractivity contribution is 5.36. The molecule has 0 aromatic heterocycles. The molecule has 1 aromatic rings. The normalized spacial score (nSPS) is 12.9. The van der Waals surface area contributed by atoms with E-state index in [-0.39, 0.29) is 0 Å². The number of ether oxygens (including phenoxy) is 1. The molecule has 3 nitrogen and oxygen atoms in total. The fourth-order valence-electron chi connectivity index (χ4n) is 2.51. The Labute approximate surface area is 124 Å². The molecule has 0 saturated carbocycles. The van der Waals surface area contributed by atoms with Crippen LogP contribution in [0.25, 0.3) is 0 Å². The topological polar surface area (TPSA) is 24.5 Å². The smallest absolute Gasteiger partial charge is 0.124 e. The lowest BCUT2D eigenvalue weighted by molar-refractivity contribution is 0.206. The molecule has 0 amide bonds. The van der Waals surface area contributed by atoms with Gasteiger partial charge in [-0.3, -0.25) is 4.90 Å². The third-order valence-corrected chi connectivity index (χ3v) is 3.60. The number of hydrogen-bond acceptors (Lipinski definition) is 3. The fraction of sp³-hybridized carbons (Fsp3) is 0.647. The molecule has 3 heteroatoms. The third kappa shape index (κ3) is 4.80. The van der Waals surface area contributed by atoms with Crippen LogP contribution in [0, 0.1) is 0 Å². The van der Waals surface area contributed by atoms with Gasteiger partial charge in [-0.25, -0.2) is 0 Å². The Morgan fingerprint density at radius 1 is 1.15 bits per heavy atom. The Morgan fingerprint density at radius 3 is 2.40 bits per heavy atom. The van der Waals surface area contributed by atoms with Crippen LogP contribution >= 0.6 is 0 Å². The molecule has 0 radical (unpaired) electrons. The van der Waals surface area contributed by atoms with E-state index in [1.807, 2.05) is 13.0 Å². The zero-order chi connectivity index (χ0) is 15.0. The summed E-state index contributed by atoms with van der Waals surface area (Å²) in [4.78, 5) is 2.48. The van der Waals surface area contributed by atoms with Crippen LogP contribution < -0.4 is 10.1 Å². The molecule has 114 valence electrons. The average Bonchev–Trinajstić information content (AvgIpc) is 2.44. The highest BCUT2D eigenvalue weighted by atomic mass is 16.5. The van der Waals surface area contributed by atoms with Crippen molar-refractivity contribution in [2.24, 2.45) is 0 Å². The second-order valence-electron chi connectivity index (χ2n) is 5.26. The van der Waals surface area contributed by atoms with E-state index in [1.165, 1.54) is 5.56 Å². The van der Waals surface area contributed by atoms with Crippen LogP contribution in [0.3, 0.4) is 0 Å². The molecule has 0 saturated heterocycles. The maximum Gasteiger partial charge on any atom is 0.124 e. The summed E-state index contributed by atoms with van der Waals surface area (Å²) >= 11 is 0. The highest BCUT2D eigenvalue weighted by Gasteiger charge is 2.19. The monoisotopic (exact) mass is 278 g/mol. The minimum Gasteiger partial charge on any atom is -0.494 e. The molecule has 20 heavy (non-hydrogen) atoms. The molecule has 0 heterocycles. The average molecular weight is 278 g/mol. The number of benzene rings is 1. The van der Waals surface area contributed by atoms with E-state index < -0.39 is 0 Å². The Hall–Kier alpha value is -1.06. The lowest BCUT2D eigenvalue weighted by Gasteiger charge is -2.31. The summed E-state index contributed by atoms with van der Waals surface area (Å²) in [5, 5.41) is 3.60. The summed E-state index contributed by atoms with van der Waals surface area (Å²) in [7, 11) is 0. The van der Waals surface area contributed by atoms with Crippen molar-refractivity contribution in [2.75, 3.05) is 26.2 Å². The molecule has 1 N–H and O–H groups in total. The van der Waals surface area contributed by atoms with Gasteiger partial charge in [0.05, 0.1) is 6.61 Å². The minimum atomic E-state index is 0.310. The minimum absolute atomic E-state index is 0.310. The lowest BCUT2D eigenvalue weighted by atomic mass is 10.0. The van der Waals surface area contributed by atoms with Crippen molar-refractivity contribution in [1.29, 1.82) is 0 Å². The molecular formula is C17H30N2O. The van der Waals surface area contributed by atoms with Crippen molar-refractivity contribution in [3.05, 3.63) is 29.8 Å². The SMILES string of the molecule is CCNC(CN(CC)C(C)C)c1ccccc1OCC. The number of nitrogens with one attached hydrogen (secondary N) is 1. The van der Waals surface area contributed by atoms with Crippen LogP contribution in [-0.4, -0.2) is 37.2 Å². The van der Waals surface area contributed by atoms with Crippen molar-refractivity contribution in [2.45, 2.75) is 46.7 Å². The van der Waals surface area contributed by atoms with Crippen molar-refractivity contribution in [3.8, 4) is 5.75 Å². The highest BCUT2D eigenvalue weighted by Crippen LogP contribution is 2.26. The summed E-state index contributed by atoms with van der Waals surface area (Å²) in [6.45, 7) is 14.6. The van der Waals surface area contributed by atoms with E-state index in [4.69, 9.17) is 4.74 Å². The van der Waals surface area contributed by atoms with Gasteiger partial charge in [0.15, 0.2) is 0 Å². The first-order chi connectivity index (χ1) is 9.63. The third-order valence-electron chi connectivity index (χ3n) is 3.60. The largest absolute Gasteiger partial charge is 0.494 e. The van der Waals surface area contributed by atoms with Gasteiger partial charge >= 0.3 is 0 Å². The second kappa shape index (κ2) is 8.98. The molecular weight excluding hydrogens is 248 g/mol. The van der Waals surface area contributed by atoms with Crippen LogP contribution in [0.4, 0.5) is 0 Å². The van der Waals surface area contributed by atoms with Crippen LogP contribution in [0.5, 0.6) is 5.75 Å². The first-order valence-electron chi connectivity index (χ1n) is 7.83. The van der Waals surface area contributed by atoms with Crippen molar-refractivity contribution in [1.82, 2.24) is 10.2 Å². The number of nitrogens with zero attached hydrogens (tertiary/aromatic N) is 1. The Bertz CT molecular complexity index is 379.